The summed E-state index contributed by atoms with van der Waals surface area (Å²) < 4.78 is 5.18. The highest BCUT2D eigenvalue weighted by molar-refractivity contribution is 6.53. The van der Waals surface area contributed by atoms with Gasteiger partial charge in [-0.15, -0.1) is 23.2 Å². The van der Waals surface area contributed by atoms with Gasteiger partial charge in [-0.05, 0) is 43.4 Å². The number of fused-ring (bicyclic) bond motifs is 4. The van der Waals surface area contributed by atoms with Gasteiger partial charge in [0.05, 0.1) is 18.9 Å². The second-order valence-corrected chi connectivity index (χ2v) is 11.0. The molecule has 10 heteroatoms. The summed E-state index contributed by atoms with van der Waals surface area (Å²) in [7, 11) is 2.79. The van der Waals surface area contributed by atoms with Crippen LogP contribution in [-0.2, 0) is 19.2 Å². The number of amides is 4. The van der Waals surface area contributed by atoms with Crippen molar-refractivity contribution in [3.8, 4) is 11.5 Å². The molecule has 1 saturated carbocycles. The number of allylic oxidation sites excluding steroid dienone is 3. The predicted octanol–water partition coefficient (Wildman–Crippen LogP) is 2.96. The highest BCUT2D eigenvalue weighted by Gasteiger charge is 2.75. The normalized spacial score (nSPS) is 35.8. The number of methoxy groups -OCH3 is 1. The smallest absolute Gasteiger partial charge is 0.253 e. The molecule has 36 heavy (non-hydrogen) atoms. The Bertz CT molecular complexity index is 1260. The number of alkyl halides is 2. The first-order valence-electron chi connectivity index (χ1n) is 11.8. The molecule has 0 unspecified atom stereocenters. The van der Waals surface area contributed by atoms with E-state index in [9.17, 15) is 24.3 Å². The summed E-state index contributed by atoms with van der Waals surface area (Å²) >= 11 is 14.1. The zero-order chi connectivity index (χ0) is 26.2. The van der Waals surface area contributed by atoms with Gasteiger partial charge < -0.3 is 9.84 Å². The first-order chi connectivity index (χ1) is 17.0. The van der Waals surface area contributed by atoms with Crippen molar-refractivity contribution < 1.29 is 29.0 Å². The van der Waals surface area contributed by atoms with Crippen molar-refractivity contribution in [2.24, 2.45) is 23.7 Å². The van der Waals surface area contributed by atoms with Crippen molar-refractivity contribution in [3.05, 3.63) is 41.5 Å². The zero-order valence-corrected chi connectivity index (χ0v) is 21.5. The summed E-state index contributed by atoms with van der Waals surface area (Å²) in [5.41, 5.74) is 1.40. The molecule has 0 radical (unpaired) electrons. The Morgan fingerprint density at radius 1 is 1.14 bits per heavy atom. The van der Waals surface area contributed by atoms with Crippen LogP contribution in [0, 0.1) is 23.7 Å². The molecule has 190 valence electrons. The largest absolute Gasteiger partial charge is 0.504 e. The maximum Gasteiger partial charge on any atom is 0.253 e. The third kappa shape index (κ3) is 3.07. The van der Waals surface area contributed by atoms with Gasteiger partial charge in [-0.2, -0.15) is 0 Å². The van der Waals surface area contributed by atoms with E-state index in [0.717, 1.165) is 10.5 Å². The zero-order valence-electron chi connectivity index (χ0n) is 20.0. The van der Waals surface area contributed by atoms with Crippen LogP contribution in [0.2, 0.25) is 0 Å². The van der Waals surface area contributed by atoms with Gasteiger partial charge in [0, 0.05) is 19.5 Å². The van der Waals surface area contributed by atoms with E-state index in [1.54, 1.807) is 31.2 Å². The lowest BCUT2D eigenvalue weighted by Crippen LogP contribution is -2.60. The second kappa shape index (κ2) is 8.35. The molecule has 0 spiro atoms. The molecule has 3 fully saturated rings. The summed E-state index contributed by atoms with van der Waals surface area (Å²) in [5.74, 6) is -3.98. The van der Waals surface area contributed by atoms with Crippen molar-refractivity contribution >= 4 is 52.9 Å². The van der Waals surface area contributed by atoms with Crippen molar-refractivity contribution in [1.82, 2.24) is 9.80 Å². The maximum absolute atomic E-state index is 13.4. The van der Waals surface area contributed by atoms with Crippen LogP contribution in [0.3, 0.4) is 0 Å². The molecule has 2 aliphatic heterocycles. The second-order valence-electron chi connectivity index (χ2n) is 9.75. The number of likely N-dealkylation sites (tertiary alicyclic amines) is 2. The van der Waals surface area contributed by atoms with Gasteiger partial charge in [-0.25, -0.2) is 0 Å². The molecule has 1 aromatic rings. The van der Waals surface area contributed by atoms with Crippen molar-refractivity contribution in [3.63, 3.8) is 0 Å². The Morgan fingerprint density at radius 3 is 2.53 bits per heavy atom. The average Bonchev–Trinajstić information content (AvgIpc) is 3.18. The lowest BCUT2D eigenvalue weighted by Gasteiger charge is -2.49. The highest BCUT2D eigenvalue weighted by Crippen LogP contribution is 2.62. The third-order valence-corrected chi connectivity index (χ3v) is 9.59. The van der Waals surface area contributed by atoms with E-state index >= 15 is 0 Å². The summed E-state index contributed by atoms with van der Waals surface area (Å²) in [6.07, 6.45) is 5.65. The highest BCUT2D eigenvalue weighted by atomic mass is 35.5. The SMILES string of the molecule is CCN1C(=O)[C@H]2[C@H](CC=C3[C@H]2C[C@@]2(Cl)C(=O)N(C)C(=O)[C@@]2(Cl)[C@H]3C=Cc2ccc(O)c(OC)c2)C1=O. The van der Waals surface area contributed by atoms with Crippen LogP contribution in [0.15, 0.2) is 35.9 Å². The number of hydrogen-bond acceptors (Lipinski definition) is 6. The Morgan fingerprint density at radius 2 is 1.86 bits per heavy atom. The average molecular weight is 533 g/mol. The van der Waals surface area contributed by atoms with Crippen LogP contribution < -0.4 is 4.74 Å². The third-order valence-electron chi connectivity index (χ3n) is 8.16. The number of rotatable bonds is 4. The Kier molecular flexibility index (Phi) is 5.76. The topological polar surface area (TPSA) is 104 Å². The number of ether oxygens (including phenoxy) is 1. The van der Waals surface area contributed by atoms with Gasteiger partial charge in [0.1, 0.15) is 0 Å². The van der Waals surface area contributed by atoms with Crippen LogP contribution in [0.25, 0.3) is 6.08 Å². The monoisotopic (exact) mass is 532 g/mol. The molecule has 2 saturated heterocycles. The van der Waals surface area contributed by atoms with Crippen LogP contribution in [-0.4, -0.2) is 69.0 Å². The Hall–Kier alpha value is -2.84. The van der Waals surface area contributed by atoms with E-state index < -0.39 is 45.2 Å². The fourth-order valence-corrected chi connectivity index (χ4v) is 7.35. The molecular formula is C26H26Cl2N2O6. The van der Waals surface area contributed by atoms with Gasteiger partial charge in [-0.1, -0.05) is 29.9 Å². The number of halogens is 2. The lowest BCUT2D eigenvalue weighted by atomic mass is 9.57. The number of imide groups is 2. The molecule has 0 bridgehead atoms. The molecular weight excluding hydrogens is 507 g/mol. The predicted molar refractivity (Wildman–Crippen MR) is 132 cm³/mol. The number of nitrogens with zero attached hydrogens (tertiary/aromatic N) is 2. The van der Waals surface area contributed by atoms with Crippen molar-refractivity contribution in [2.75, 3.05) is 20.7 Å². The van der Waals surface area contributed by atoms with E-state index in [0.29, 0.717) is 12.0 Å². The number of aromatic hydroxyl groups is 1. The number of hydrogen-bond donors (Lipinski definition) is 1. The lowest BCUT2D eigenvalue weighted by molar-refractivity contribution is -0.141. The number of carbonyl (C=O) groups excluding carboxylic acids is 4. The van der Waals surface area contributed by atoms with Gasteiger partial charge in [-0.3, -0.25) is 29.0 Å². The van der Waals surface area contributed by atoms with Gasteiger partial charge in [0.25, 0.3) is 11.8 Å². The van der Waals surface area contributed by atoms with Crippen LogP contribution in [0.5, 0.6) is 11.5 Å². The number of carbonyl (C=O) groups is 4. The van der Waals surface area contributed by atoms with E-state index in [4.69, 9.17) is 27.9 Å². The van der Waals surface area contributed by atoms with Gasteiger partial charge >= 0.3 is 0 Å². The number of phenols is 1. The minimum Gasteiger partial charge on any atom is -0.504 e. The molecule has 4 aliphatic rings. The summed E-state index contributed by atoms with van der Waals surface area (Å²) in [4.78, 5) is 51.5. The standard InChI is InChI=1S/C26H26Cl2N2O6/c1-4-30-21(32)15-8-7-14-16(20(15)22(30)33)12-25(27)23(34)29(2)24(35)26(25,28)17(14)9-5-13-6-10-18(31)19(11-13)36-3/h5-7,9-11,15-17,20,31H,4,8,12H2,1-3H3/t15-,16+,17-,20-,25+,26-/m0/s1. The fourth-order valence-electron chi connectivity index (χ4n) is 6.37. The van der Waals surface area contributed by atoms with Gasteiger partial charge in [0.15, 0.2) is 21.2 Å². The number of phenolic OH excluding ortho intramolecular Hbond substituents is 1. The van der Waals surface area contributed by atoms with E-state index in [-0.39, 0.29) is 36.3 Å². The first-order valence-corrected chi connectivity index (χ1v) is 12.6. The van der Waals surface area contributed by atoms with Crippen LogP contribution in [0.1, 0.15) is 25.3 Å². The van der Waals surface area contributed by atoms with Crippen molar-refractivity contribution in [1.29, 1.82) is 0 Å². The van der Waals surface area contributed by atoms with E-state index in [2.05, 4.69) is 0 Å². The minimum absolute atomic E-state index is 0.0199. The molecule has 8 nitrogen and oxygen atoms in total. The molecule has 2 aliphatic carbocycles. The molecule has 1 aromatic carbocycles. The number of benzene rings is 1. The van der Waals surface area contributed by atoms with Gasteiger partial charge in [0.2, 0.25) is 11.8 Å². The molecule has 0 aromatic heterocycles. The molecule has 1 N–H and O–H groups in total. The van der Waals surface area contributed by atoms with Crippen LogP contribution in [0.4, 0.5) is 0 Å². The Labute approximate surface area is 218 Å². The van der Waals surface area contributed by atoms with E-state index in [1.807, 2.05) is 6.08 Å². The molecule has 2 heterocycles. The fraction of sp³-hybridized carbons (Fsp3) is 0.462. The Balaban J connectivity index is 1.64. The molecule has 4 amide bonds. The maximum atomic E-state index is 13.4. The summed E-state index contributed by atoms with van der Waals surface area (Å²) in [6, 6.07) is 4.77. The first kappa shape index (κ1) is 24.8. The van der Waals surface area contributed by atoms with Crippen molar-refractivity contribution in [2.45, 2.75) is 29.5 Å². The molecule has 6 atom stereocenters. The quantitative estimate of drug-likeness (QED) is 0.363. The summed E-state index contributed by atoms with van der Waals surface area (Å²) in [6.45, 7) is 2.02. The molecule has 5 rings (SSSR count). The van der Waals surface area contributed by atoms with Crippen LogP contribution >= 0.6 is 23.2 Å². The van der Waals surface area contributed by atoms with E-state index in [1.165, 1.54) is 25.1 Å². The minimum atomic E-state index is -1.80. The summed E-state index contributed by atoms with van der Waals surface area (Å²) in [5, 5.41) is 9.92.